The molecule has 100 valence electrons. The van der Waals surface area contributed by atoms with E-state index in [4.69, 9.17) is 39.5 Å². The van der Waals surface area contributed by atoms with Crippen LogP contribution in [0.1, 0.15) is 5.56 Å². The Morgan fingerprint density at radius 3 is 2.37 bits per heavy atom. The van der Waals surface area contributed by atoms with Crippen LogP contribution in [0.4, 0.5) is 0 Å². The van der Waals surface area contributed by atoms with Gasteiger partial charge in [0.25, 0.3) is 0 Å². The Morgan fingerprint density at radius 1 is 0.947 bits per heavy atom. The zero-order chi connectivity index (χ0) is 14.0. The van der Waals surface area contributed by atoms with Crippen molar-refractivity contribution in [3.63, 3.8) is 0 Å². The highest BCUT2D eigenvalue weighted by atomic mass is 79.9. The summed E-state index contributed by atoms with van der Waals surface area (Å²) in [5, 5.41) is 2.25. The molecule has 0 bridgehead atoms. The van der Waals surface area contributed by atoms with Crippen molar-refractivity contribution in [1.82, 2.24) is 0 Å². The number of hydrogen-bond donors (Lipinski definition) is 0. The lowest BCUT2D eigenvalue weighted by molar-refractivity contribution is 0.479. The van der Waals surface area contributed by atoms with Crippen LogP contribution in [0, 0.1) is 0 Å². The second kappa shape index (κ2) is 6.68. The highest BCUT2D eigenvalue weighted by Gasteiger charge is 2.10. The first-order chi connectivity index (χ1) is 9.01. The van der Waals surface area contributed by atoms with Gasteiger partial charge in [-0.1, -0.05) is 56.8 Å². The van der Waals surface area contributed by atoms with Gasteiger partial charge in [-0.05, 0) is 34.1 Å². The second-order valence-corrected chi connectivity index (χ2v) is 6.35. The van der Waals surface area contributed by atoms with Crippen molar-refractivity contribution in [3.8, 4) is 11.5 Å². The minimum atomic E-state index is 0.469. The van der Waals surface area contributed by atoms with Crippen LogP contribution < -0.4 is 4.74 Å². The molecule has 2 aromatic carbocycles. The number of hydrogen-bond acceptors (Lipinski definition) is 1. The first kappa shape index (κ1) is 15.5. The van der Waals surface area contributed by atoms with Crippen LogP contribution in [0.5, 0.6) is 11.5 Å². The number of ether oxygens (including phenoxy) is 1. The van der Waals surface area contributed by atoms with E-state index in [1.165, 1.54) is 0 Å². The van der Waals surface area contributed by atoms with Gasteiger partial charge in [0.2, 0.25) is 0 Å². The van der Waals surface area contributed by atoms with Gasteiger partial charge in [-0.15, -0.1) is 0 Å². The number of benzene rings is 2. The Morgan fingerprint density at radius 2 is 1.68 bits per heavy atom. The molecule has 0 heterocycles. The topological polar surface area (TPSA) is 9.23 Å². The molecule has 0 aromatic heterocycles. The zero-order valence-electron chi connectivity index (χ0n) is 9.39. The molecule has 2 rings (SSSR count). The minimum Gasteiger partial charge on any atom is -0.455 e. The van der Waals surface area contributed by atoms with Crippen LogP contribution in [-0.2, 0) is 5.33 Å². The molecule has 0 radical (unpaired) electrons. The maximum absolute atomic E-state index is 6.13. The van der Waals surface area contributed by atoms with Crippen molar-refractivity contribution in [2.45, 2.75) is 5.33 Å². The fraction of sp³-hybridized carbons (Fsp3) is 0.0769. The van der Waals surface area contributed by atoms with Gasteiger partial charge in [-0.3, -0.25) is 0 Å². The SMILES string of the molecule is Clc1ccc(CBr)c(Oc2cc(Cl)c(Br)cc2Cl)c1. The van der Waals surface area contributed by atoms with E-state index in [1.807, 2.05) is 6.07 Å². The summed E-state index contributed by atoms with van der Waals surface area (Å²) < 4.78 is 6.52. The first-order valence-corrected chi connectivity index (χ1v) is 8.23. The highest BCUT2D eigenvalue weighted by Crippen LogP contribution is 2.38. The summed E-state index contributed by atoms with van der Waals surface area (Å²) in [7, 11) is 0. The third-order valence-corrected chi connectivity index (χ3v) is 4.70. The van der Waals surface area contributed by atoms with Gasteiger partial charge in [0.15, 0.2) is 0 Å². The van der Waals surface area contributed by atoms with Crippen molar-refractivity contribution < 1.29 is 4.74 Å². The van der Waals surface area contributed by atoms with E-state index in [-0.39, 0.29) is 0 Å². The average molecular weight is 445 g/mol. The number of rotatable bonds is 3. The fourth-order valence-corrected chi connectivity index (χ4v) is 2.89. The third kappa shape index (κ3) is 3.79. The first-order valence-electron chi connectivity index (χ1n) is 5.18. The van der Waals surface area contributed by atoms with Gasteiger partial charge in [0, 0.05) is 26.5 Å². The molecular formula is C13H7Br2Cl3O. The van der Waals surface area contributed by atoms with E-state index in [0.29, 0.717) is 31.9 Å². The smallest absolute Gasteiger partial charge is 0.147 e. The van der Waals surface area contributed by atoms with Crippen LogP contribution in [0.25, 0.3) is 0 Å². The lowest BCUT2D eigenvalue weighted by Crippen LogP contribution is -1.91. The van der Waals surface area contributed by atoms with E-state index in [0.717, 1.165) is 10.0 Å². The normalized spacial score (nSPS) is 10.6. The van der Waals surface area contributed by atoms with Gasteiger partial charge in [-0.2, -0.15) is 0 Å². The van der Waals surface area contributed by atoms with Crippen molar-refractivity contribution in [1.29, 1.82) is 0 Å². The highest BCUT2D eigenvalue weighted by molar-refractivity contribution is 9.10. The molecule has 0 saturated carbocycles. The van der Waals surface area contributed by atoms with E-state index in [9.17, 15) is 0 Å². The minimum absolute atomic E-state index is 0.469. The Labute approximate surface area is 143 Å². The van der Waals surface area contributed by atoms with Crippen molar-refractivity contribution in [2.75, 3.05) is 0 Å². The molecule has 0 aliphatic carbocycles. The lowest BCUT2D eigenvalue weighted by atomic mass is 10.2. The predicted molar refractivity (Wildman–Crippen MR) is 88.3 cm³/mol. The van der Waals surface area contributed by atoms with E-state index in [2.05, 4.69) is 31.9 Å². The number of alkyl halides is 1. The van der Waals surface area contributed by atoms with E-state index < -0.39 is 0 Å². The second-order valence-electron chi connectivity index (χ2n) is 3.68. The molecule has 0 amide bonds. The van der Waals surface area contributed by atoms with Gasteiger partial charge in [0.05, 0.1) is 10.0 Å². The van der Waals surface area contributed by atoms with Crippen molar-refractivity contribution in [2.24, 2.45) is 0 Å². The molecule has 6 heteroatoms. The van der Waals surface area contributed by atoms with Gasteiger partial charge < -0.3 is 4.74 Å². The molecule has 0 fully saturated rings. The summed E-state index contributed by atoms with van der Waals surface area (Å²) in [6.07, 6.45) is 0. The Kier molecular flexibility index (Phi) is 5.44. The summed E-state index contributed by atoms with van der Waals surface area (Å²) in [6, 6.07) is 8.79. The quantitative estimate of drug-likeness (QED) is 0.362. The van der Waals surface area contributed by atoms with Crippen LogP contribution >= 0.6 is 66.7 Å². The molecule has 0 aliphatic rings. The monoisotopic (exact) mass is 442 g/mol. The van der Waals surface area contributed by atoms with Crippen LogP contribution in [0.3, 0.4) is 0 Å². The molecule has 19 heavy (non-hydrogen) atoms. The summed E-state index contributed by atoms with van der Waals surface area (Å²) in [5.41, 5.74) is 0.972. The molecule has 0 spiro atoms. The van der Waals surface area contributed by atoms with Gasteiger partial charge in [0.1, 0.15) is 11.5 Å². The molecule has 0 aliphatic heterocycles. The average Bonchev–Trinajstić information content (AvgIpc) is 2.36. The van der Waals surface area contributed by atoms with Crippen molar-refractivity contribution >= 4 is 66.7 Å². The maximum Gasteiger partial charge on any atom is 0.147 e. The van der Waals surface area contributed by atoms with E-state index >= 15 is 0 Å². The molecule has 0 N–H and O–H groups in total. The Balaban J connectivity index is 2.41. The summed E-state index contributed by atoms with van der Waals surface area (Å²) in [5.74, 6) is 1.13. The van der Waals surface area contributed by atoms with Gasteiger partial charge in [-0.25, -0.2) is 0 Å². The predicted octanol–water partition coefficient (Wildman–Crippen LogP) is 7.10. The van der Waals surface area contributed by atoms with Crippen LogP contribution in [-0.4, -0.2) is 0 Å². The molecular weight excluding hydrogens is 438 g/mol. The zero-order valence-corrected chi connectivity index (χ0v) is 14.8. The molecule has 0 atom stereocenters. The maximum atomic E-state index is 6.13. The van der Waals surface area contributed by atoms with Crippen LogP contribution in [0.2, 0.25) is 15.1 Å². The molecule has 0 saturated heterocycles. The lowest BCUT2D eigenvalue weighted by Gasteiger charge is -2.12. The third-order valence-electron chi connectivity index (χ3n) is 2.37. The molecule has 0 unspecified atom stereocenters. The van der Waals surface area contributed by atoms with Gasteiger partial charge >= 0.3 is 0 Å². The van der Waals surface area contributed by atoms with Crippen LogP contribution in [0.15, 0.2) is 34.8 Å². The summed E-state index contributed by atoms with van der Waals surface area (Å²) in [4.78, 5) is 0. The Bertz CT molecular complexity index is 617. The largest absolute Gasteiger partial charge is 0.455 e. The summed E-state index contributed by atoms with van der Waals surface area (Å²) in [6.45, 7) is 0. The van der Waals surface area contributed by atoms with E-state index in [1.54, 1.807) is 24.3 Å². The van der Waals surface area contributed by atoms with Crippen molar-refractivity contribution in [3.05, 3.63) is 55.4 Å². The standard InChI is InChI=1S/C13H7Br2Cl3O/c14-6-7-1-2-8(16)3-12(7)19-13-5-10(17)9(15)4-11(13)18/h1-5H,6H2. The molecule has 2 aromatic rings. The number of halogens is 5. The Hall–Kier alpha value is 0.0700. The molecule has 1 nitrogen and oxygen atoms in total. The summed E-state index contributed by atoms with van der Waals surface area (Å²) >= 11 is 24.8. The fourth-order valence-electron chi connectivity index (χ4n) is 1.43.